The van der Waals surface area contributed by atoms with Gasteiger partial charge in [-0.15, -0.1) is 0 Å². The van der Waals surface area contributed by atoms with Gasteiger partial charge in [-0.05, 0) is 24.6 Å². The summed E-state index contributed by atoms with van der Waals surface area (Å²) in [6.07, 6.45) is 3.98. The first-order valence-electron chi connectivity index (χ1n) is 10.4. The van der Waals surface area contributed by atoms with Crippen LogP contribution in [0.5, 0.6) is 0 Å². The van der Waals surface area contributed by atoms with Crippen molar-refractivity contribution in [3.05, 3.63) is 82.3 Å². The van der Waals surface area contributed by atoms with Gasteiger partial charge in [0.2, 0.25) is 8.38 Å². The Balaban J connectivity index is 0.00000274. The first-order valence-corrected chi connectivity index (χ1v) is 12.7. The molecule has 8 nitrogen and oxygen atoms in total. The molecule has 1 aliphatic rings. The summed E-state index contributed by atoms with van der Waals surface area (Å²) in [5, 5.41) is 2.10. The van der Waals surface area contributed by atoms with Crippen molar-refractivity contribution in [1.82, 2.24) is 9.55 Å². The summed E-state index contributed by atoms with van der Waals surface area (Å²) >= 11 is 0. The molecule has 5 rings (SSSR count). The van der Waals surface area contributed by atoms with Crippen LogP contribution in [0.2, 0.25) is 0 Å². The Morgan fingerprint density at radius 1 is 1.29 bits per heavy atom. The molecular formula is C23H21N2NaO6P2. The smallest absolute Gasteiger partial charge is 0.786 e. The second kappa shape index (κ2) is 11.2. The van der Waals surface area contributed by atoms with Crippen LogP contribution in [0, 0.1) is 6.92 Å². The zero-order chi connectivity index (χ0) is 22.9. The molecule has 0 amide bonds. The SMILES string of the molecule is Cc1cccc(C2CCOP(c3cnc4c(ccc5c(=O)ccn(COP([O-])O)c54)c3)O2)c1.[Na+]. The molecule has 0 bridgehead atoms. The fourth-order valence-electron chi connectivity index (χ4n) is 3.98. The monoisotopic (exact) mass is 506 g/mol. The number of fused-ring (bicyclic) bond motifs is 3. The van der Waals surface area contributed by atoms with Crippen LogP contribution in [-0.4, -0.2) is 21.1 Å². The van der Waals surface area contributed by atoms with Gasteiger partial charge >= 0.3 is 29.6 Å². The number of pyridine rings is 2. The van der Waals surface area contributed by atoms with Gasteiger partial charge in [0, 0.05) is 41.0 Å². The van der Waals surface area contributed by atoms with E-state index in [0.29, 0.717) is 23.0 Å². The second-order valence-corrected chi connectivity index (χ2v) is 9.99. The molecule has 3 heterocycles. The van der Waals surface area contributed by atoms with Crippen LogP contribution in [0.1, 0.15) is 23.7 Å². The summed E-state index contributed by atoms with van der Waals surface area (Å²) < 4.78 is 18.7. The molecule has 3 unspecified atom stereocenters. The Labute approximate surface area is 220 Å². The van der Waals surface area contributed by atoms with Gasteiger partial charge in [-0.2, -0.15) is 0 Å². The Hall–Kier alpha value is -1.28. The third-order valence-electron chi connectivity index (χ3n) is 5.51. The summed E-state index contributed by atoms with van der Waals surface area (Å²) in [6, 6.07) is 15.2. The van der Waals surface area contributed by atoms with E-state index in [1.165, 1.54) is 17.8 Å². The van der Waals surface area contributed by atoms with Crippen molar-refractivity contribution in [2.75, 3.05) is 6.61 Å². The molecule has 0 spiro atoms. The van der Waals surface area contributed by atoms with Gasteiger partial charge in [-0.25, -0.2) is 0 Å². The van der Waals surface area contributed by atoms with E-state index in [-0.39, 0.29) is 47.8 Å². The molecule has 0 radical (unpaired) electrons. The minimum absolute atomic E-state index is 0. The zero-order valence-electron chi connectivity index (χ0n) is 18.7. The van der Waals surface area contributed by atoms with Gasteiger partial charge in [-0.1, -0.05) is 35.9 Å². The number of aryl methyl sites for hydroxylation is 1. The molecule has 1 saturated heterocycles. The van der Waals surface area contributed by atoms with Crippen molar-refractivity contribution in [2.45, 2.75) is 26.2 Å². The van der Waals surface area contributed by atoms with Gasteiger partial charge in [0.05, 0.1) is 32.3 Å². The third-order valence-corrected chi connectivity index (χ3v) is 7.38. The van der Waals surface area contributed by atoms with E-state index in [2.05, 4.69) is 30.1 Å². The number of aromatic nitrogens is 2. The third kappa shape index (κ3) is 5.43. The van der Waals surface area contributed by atoms with Gasteiger partial charge in [0.25, 0.3) is 0 Å². The van der Waals surface area contributed by atoms with Crippen LogP contribution in [0.25, 0.3) is 21.8 Å². The molecule has 0 saturated carbocycles. The van der Waals surface area contributed by atoms with Crippen LogP contribution in [0.15, 0.2) is 65.7 Å². The first-order chi connectivity index (χ1) is 16.0. The largest absolute Gasteiger partial charge is 1.00 e. The van der Waals surface area contributed by atoms with Gasteiger partial charge in [0.15, 0.2) is 5.43 Å². The summed E-state index contributed by atoms with van der Waals surface area (Å²) in [4.78, 5) is 37.1. The number of rotatable bonds is 5. The topological polar surface area (TPSA) is 106 Å². The van der Waals surface area contributed by atoms with Crippen LogP contribution >= 0.6 is 17.0 Å². The molecule has 2 aromatic heterocycles. The van der Waals surface area contributed by atoms with Crippen molar-refractivity contribution in [2.24, 2.45) is 0 Å². The minimum atomic E-state index is -2.77. The predicted octanol–water partition coefficient (Wildman–Crippen LogP) is 0.531. The van der Waals surface area contributed by atoms with Gasteiger partial charge < -0.3 is 27.9 Å². The molecular weight excluding hydrogens is 485 g/mol. The molecule has 34 heavy (non-hydrogen) atoms. The fourth-order valence-corrected chi connectivity index (χ4v) is 5.66. The quantitative estimate of drug-likeness (QED) is 0.239. The van der Waals surface area contributed by atoms with Crippen LogP contribution in [0.3, 0.4) is 0 Å². The van der Waals surface area contributed by atoms with E-state index < -0.39 is 17.0 Å². The van der Waals surface area contributed by atoms with Crippen molar-refractivity contribution in [3.63, 3.8) is 0 Å². The van der Waals surface area contributed by atoms with E-state index in [0.717, 1.165) is 22.7 Å². The molecule has 1 aliphatic heterocycles. The first kappa shape index (κ1) is 25.8. The van der Waals surface area contributed by atoms with E-state index in [4.69, 9.17) is 18.5 Å². The van der Waals surface area contributed by atoms with Crippen LogP contribution in [0.4, 0.5) is 0 Å². The molecule has 2 aromatic carbocycles. The standard InChI is InChI=1S/C23H21N2O6P2.Na/c1-15-3-2-4-16(11-15)21-8-10-29-32(31-21)18-12-17-5-6-19-20(26)7-9-25(14-30-33(27)28)23(19)22(17)24-13-18;/h2-7,9,11-13,21,27H,8,10,14H2,1H3;/q-1;+1. The van der Waals surface area contributed by atoms with Crippen molar-refractivity contribution in [3.8, 4) is 0 Å². The van der Waals surface area contributed by atoms with Crippen molar-refractivity contribution >= 4 is 44.1 Å². The molecule has 11 heteroatoms. The zero-order valence-corrected chi connectivity index (χ0v) is 22.5. The molecule has 0 aliphatic carbocycles. The van der Waals surface area contributed by atoms with Gasteiger partial charge in [0.1, 0.15) is 6.73 Å². The van der Waals surface area contributed by atoms with E-state index in [1.807, 2.05) is 18.2 Å². The maximum Gasteiger partial charge on any atom is 1.00 e. The summed E-state index contributed by atoms with van der Waals surface area (Å²) in [6.45, 7) is 2.48. The normalized spacial score (nSPS) is 19.1. The van der Waals surface area contributed by atoms with Crippen LogP contribution < -0.4 is 45.2 Å². The summed E-state index contributed by atoms with van der Waals surface area (Å²) in [7, 11) is -4.08. The van der Waals surface area contributed by atoms with E-state index in [1.54, 1.807) is 16.8 Å². The average molecular weight is 506 g/mol. The Morgan fingerprint density at radius 2 is 2.15 bits per heavy atom. The molecule has 1 N–H and O–H groups in total. The minimum Gasteiger partial charge on any atom is -0.786 e. The van der Waals surface area contributed by atoms with Gasteiger partial charge in [-0.3, -0.25) is 9.78 Å². The van der Waals surface area contributed by atoms with Crippen molar-refractivity contribution in [1.29, 1.82) is 0 Å². The molecule has 3 atom stereocenters. The fraction of sp³-hybridized carbons (Fsp3) is 0.217. The van der Waals surface area contributed by atoms with Crippen LogP contribution in [-0.2, 0) is 20.3 Å². The second-order valence-electron chi connectivity index (χ2n) is 7.76. The maximum absolute atomic E-state index is 12.4. The molecule has 1 fully saturated rings. The molecule has 170 valence electrons. The van der Waals surface area contributed by atoms with E-state index >= 15 is 0 Å². The number of hydrogen-bond acceptors (Lipinski definition) is 7. The maximum atomic E-state index is 12.4. The Kier molecular flexibility index (Phi) is 8.49. The summed E-state index contributed by atoms with van der Waals surface area (Å²) in [5.74, 6) is 0. The predicted molar refractivity (Wildman–Crippen MR) is 126 cm³/mol. The van der Waals surface area contributed by atoms with E-state index in [9.17, 15) is 9.69 Å². The number of hydrogen-bond donors (Lipinski definition) is 1. The molecule has 4 aromatic rings. The number of nitrogens with zero attached hydrogens (tertiary/aromatic N) is 2. The van der Waals surface area contributed by atoms with Crippen molar-refractivity contribution < 1.29 is 52.9 Å². The number of benzene rings is 2. The Bertz CT molecular complexity index is 1380. The average Bonchev–Trinajstić information content (AvgIpc) is 2.83. The Morgan fingerprint density at radius 3 is 2.94 bits per heavy atom. The summed E-state index contributed by atoms with van der Waals surface area (Å²) in [5.41, 5.74) is 3.29.